The highest BCUT2D eigenvalue weighted by Crippen LogP contribution is 2.32. The van der Waals surface area contributed by atoms with E-state index in [1.165, 1.54) is 6.20 Å². The normalized spacial score (nSPS) is 13.9. The van der Waals surface area contributed by atoms with E-state index in [0.717, 1.165) is 22.4 Å². The molecule has 1 aromatic carbocycles. The Morgan fingerprint density at radius 3 is 2.39 bits per heavy atom. The first-order valence-electron chi connectivity index (χ1n) is 13.7. The number of nitrogens with zero attached hydrogens (tertiary/aromatic N) is 4. The Labute approximate surface area is 257 Å². The first-order valence-corrected chi connectivity index (χ1v) is 16.8. The molecule has 3 heterocycles. The third-order valence-electron chi connectivity index (χ3n) is 6.46. The van der Waals surface area contributed by atoms with Gasteiger partial charge in [0.15, 0.2) is 23.1 Å². The molecule has 0 saturated heterocycles. The standard InChI is InChI=1S/C30H35F2N5O5S2/c1-29(2,3)24(16-43(39)17-25(38)42-30(4,5)6)35-27-23(32)14-33-26(36-27)22-15-37(28-21(22)12-20(31)13-34-28)44(40,41)18-19-10-8-7-9-11-19/h7-15,24H,16-18H2,1-6H3,(H,33,35,36)/t24?,43-/m0/s1. The number of aromatic nitrogens is 4. The molecular weight excluding hydrogens is 612 g/mol. The van der Waals surface area contributed by atoms with Crippen LogP contribution in [0, 0.1) is 17.0 Å². The second kappa shape index (κ2) is 12.7. The summed E-state index contributed by atoms with van der Waals surface area (Å²) >= 11 is 0. The molecule has 14 heteroatoms. The fourth-order valence-corrected chi connectivity index (χ4v) is 7.14. The maximum Gasteiger partial charge on any atom is 0.319 e. The van der Waals surface area contributed by atoms with Crippen LogP contribution in [0.4, 0.5) is 14.6 Å². The fraction of sp³-hybridized carbons (Fsp3) is 0.400. The molecule has 4 aromatic rings. The van der Waals surface area contributed by atoms with Crippen LogP contribution in [-0.4, -0.2) is 60.7 Å². The van der Waals surface area contributed by atoms with Crippen molar-refractivity contribution >= 4 is 43.6 Å². The SMILES string of the molecule is CC(C)(C)OC(=O)C[S@@](=O)CC(Nc1nc(-c2cn(S(=O)(=O)Cc3ccccc3)c3ncc(F)cc23)ncc1F)C(C)(C)C. The minimum Gasteiger partial charge on any atom is -0.459 e. The monoisotopic (exact) mass is 647 g/mol. The van der Waals surface area contributed by atoms with Crippen LogP contribution in [0.1, 0.15) is 47.1 Å². The van der Waals surface area contributed by atoms with E-state index in [9.17, 15) is 21.8 Å². The lowest BCUT2D eigenvalue weighted by Crippen LogP contribution is -2.40. The molecule has 0 aliphatic carbocycles. The highest BCUT2D eigenvalue weighted by molar-refractivity contribution is 7.89. The van der Waals surface area contributed by atoms with Crippen molar-refractivity contribution in [2.24, 2.45) is 5.41 Å². The van der Waals surface area contributed by atoms with E-state index in [-0.39, 0.29) is 45.5 Å². The zero-order valence-corrected chi connectivity index (χ0v) is 26.9. The number of esters is 1. The molecule has 0 radical (unpaired) electrons. The minimum atomic E-state index is -4.02. The average Bonchev–Trinajstić information content (AvgIpc) is 3.27. The predicted octanol–water partition coefficient (Wildman–Crippen LogP) is 5.07. The van der Waals surface area contributed by atoms with Crippen LogP contribution >= 0.6 is 0 Å². The Morgan fingerprint density at radius 2 is 1.75 bits per heavy atom. The summed E-state index contributed by atoms with van der Waals surface area (Å²) in [6, 6.07) is 9.05. The lowest BCUT2D eigenvalue weighted by atomic mass is 9.88. The van der Waals surface area contributed by atoms with Gasteiger partial charge in [-0.05, 0) is 37.8 Å². The van der Waals surface area contributed by atoms with Crippen molar-refractivity contribution in [3.63, 3.8) is 0 Å². The number of benzene rings is 1. The largest absolute Gasteiger partial charge is 0.459 e. The summed E-state index contributed by atoms with van der Waals surface area (Å²) in [6.45, 7) is 10.7. The summed E-state index contributed by atoms with van der Waals surface area (Å²) in [5.41, 5.74) is -0.668. The number of carbonyl (C=O) groups is 1. The first-order chi connectivity index (χ1) is 20.4. The van der Waals surface area contributed by atoms with Gasteiger partial charge in [0.05, 0.1) is 18.1 Å². The molecule has 3 aromatic heterocycles. The number of halogens is 2. The summed E-state index contributed by atoms with van der Waals surface area (Å²) in [4.78, 5) is 24.6. The number of hydrogen-bond acceptors (Lipinski definition) is 9. The van der Waals surface area contributed by atoms with Gasteiger partial charge in [-0.1, -0.05) is 51.1 Å². The number of ether oxygens (including phenoxy) is 1. The minimum absolute atomic E-state index is 0.0202. The van der Waals surface area contributed by atoms with Gasteiger partial charge in [0.25, 0.3) is 0 Å². The summed E-state index contributed by atoms with van der Waals surface area (Å²) < 4.78 is 75.4. The molecule has 0 fully saturated rings. The number of carbonyl (C=O) groups excluding carboxylic acids is 1. The van der Waals surface area contributed by atoms with Crippen LogP contribution in [-0.2, 0) is 36.1 Å². The number of hydrogen-bond donors (Lipinski definition) is 1. The molecule has 44 heavy (non-hydrogen) atoms. The summed E-state index contributed by atoms with van der Waals surface area (Å²) in [5, 5.41) is 3.11. The number of pyridine rings is 1. The van der Waals surface area contributed by atoms with Gasteiger partial charge in [0.2, 0.25) is 10.0 Å². The molecule has 1 unspecified atom stereocenters. The molecule has 0 bridgehead atoms. The third-order valence-corrected chi connectivity index (χ3v) is 9.30. The van der Waals surface area contributed by atoms with E-state index in [0.29, 0.717) is 5.56 Å². The number of nitrogens with one attached hydrogen (secondary N) is 1. The third kappa shape index (κ3) is 8.23. The van der Waals surface area contributed by atoms with Gasteiger partial charge in [-0.25, -0.2) is 36.1 Å². The van der Waals surface area contributed by atoms with Crippen molar-refractivity contribution in [2.45, 2.75) is 58.9 Å². The smallest absolute Gasteiger partial charge is 0.319 e. The van der Waals surface area contributed by atoms with Crippen molar-refractivity contribution in [1.29, 1.82) is 0 Å². The van der Waals surface area contributed by atoms with Crippen molar-refractivity contribution in [1.82, 2.24) is 18.9 Å². The van der Waals surface area contributed by atoms with Crippen LogP contribution < -0.4 is 5.32 Å². The quantitative estimate of drug-likeness (QED) is 0.234. The van der Waals surface area contributed by atoms with E-state index in [2.05, 4.69) is 20.3 Å². The summed E-state index contributed by atoms with van der Waals surface area (Å²) in [7, 11) is -5.67. The second-order valence-corrected chi connectivity index (χ2v) is 15.7. The van der Waals surface area contributed by atoms with Gasteiger partial charge in [-0.2, -0.15) is 0 Å². The number of rotatable bonds is 10. The molecule has 0 amide bonds. The topological polar surface area (TPSA) is 133 Å². The van der Waals surface area contributed by atoms with Crippen molar-refractivity contribution in [3.8, 4) is 11.4 Å². The molecule has 0 aliphatic heterocycles. The second-order valence-electron chi connectivity index (χ2n) is 12.4. The summed E-state index contributed by atoms with van der Waals surface area (Å²) in [5.74, 6) is -3.15. The zero-order valence-electron chi connectivity index (χ0n) is 25.3. The van der Waals surface area contributed by atoms with Crippen molar-refractivity contribution in [3.05, 3.63) is 72.2 Å². The Kier molecular flexibility index (Phi) is 9.54. The van der Waals surface area contributed by atoms with Crippen molar-refractivity contribution in [2.75, 3.05) is 16.8 Å². The van der Waals surface area contributed by atoms with Gasteiger partial charge in [0.1, 0.15) is 17.2 Å². The Bertz CT molecular complexity index is 1800. The molecule has 2 atom stereocenters. The number of fused-ring (bicyclic) bond motifs is 1. The molecule has 4 rings (SSSR count). The fourth-order valence-electron chi connectivity index (χ4n) is 4.32. The van der Waals surface area contributed by atoms with Crippen LogP contribution in [0.25, 0.3) is 22.4 Å². The average molecular weight is 648 g/mol. The lowest BCUT2D eigenvalue weighted by molar-refractivity contribution is -0.151. The zero-order chi connectivity index (χ0) is 32.4. The van der Waals surface area contributed by atoms with Crippen LogP contribution in [0.15, 0.2) is 55.0 Å². The first kappa shape index (κ1) is 33.1. The van der Waals surface area contributed by atoms with E-state index < -0.39 is 55.5 Å². The molecule has 0 aliphatic rings. The molecule has 0 spiro atoms. The highest BCUT2D eigenvalue weighted by Gasteiger charge is 2.30. The van der Waals surface area contributed by atoms with Gasteiger partial charge in [-0.15, -0.1) is 0 Å². The number of anilines is 1. The van der Waals surface area contributed by atoms with Gasteiger partial charge >= 0.3 is 5.97 Å². The molecule has 236 valence electrons. The summed E-state index contributed by atoms with van der Waals surface area (Å²) in [6.07, 6.45) is 3.06. The maximum atomic E-state index is 15.1. The van der Waals surface area contributed by atoms with Gasteiger partial charge in [0, 0.05) is 39.7 Å². The Morgan fingerprint density at radius 1 is 1.07 bits per heavy atom. The molecule has 10 nitrogen and oxygen atoms in total. The maximum absolute atomic E-state index is 15.1. The lowest BCUT2D eigenvalue weighted by Gasteiger charge is -2.31. The van der Waals surface area contributed by atoms with Crippen LogP contribution in [0.2, 0.25) is 0 Å². The molecular formula is C30H35F2N5O5S2. The van der Waals surface area contributed by atoms with Crippen LogP contribution in [0.3, 0.4) is 0 Å². The van der Waals surface area contributed by atoms with E-state index >= 15 is 4.39 Å². The van der Waals surface area contributed by atoms with Gasteiger partial charge < -0.3 is 10.1 Å². The molecule has 0 saturated carbocycles. The Balaban J connectivity index is 1.69. The van der Waals surface area contributed by atoms with Crippen LogP contribution in [0.5, 0.6) is 0 Å². The van der Waals surface area contributed by atoms with E-state index in [4.69, 9.17) is 4.74 Å². The van der Waals surface area contributed by atoms with Gasteiger partial charge in [-0.3, -0.25) is 9.00 Å². The van der Waals surface area contributed by atoms with Crippen molar-refractivity contribution < 1.29 is 30.9 Å². The predicted molar refractivity (Wildman–Crippen MR) is 166 cm³/mol. The highest BCUT2D eigenvalue weighted by atomic mass is 32.2. The Hall–Kier alpha value is -3.78. The van der Waals surface area contributed by atoms with E-state index in [1.807, 2.05) is 20.8 Å². The molecule has 1 N–H and O–H groups in total. The van der Waals surface area contributed by atoms with E-state index in [1.54, 1.807) is 51.1 Å².